The maximum absolute atomic E-state index is 12.3. The molecule has 2 aromatic rings. The predicted octanol–water partition coefficient (Wildman–Crippen LogP) is 1.91. The zero-order valence-electron chi connectivity index (χ0n) is 10.4. The maximum Gasteiger partial charge on any atom is 0.323 e. The molecule has 1 N–H and O–H groups in total. The predicted molar refractivity (Wildman–Crippen MR) is 72.2 cm³/mol. The lowest BCUT2D eigenvalue weighted by Gasteiger charge is -2.17. The van der Waals surface area contributed by atoms with Gasteiger partial charge in [-0.25, -0.2) is 0 Å². The summed E-state index contributed by atoms with van der Waals surface area (Å²) >= 11 is 1.59. The number of carboxylic acids is 1. The lowest BCUT2D eigenvalue weighted by molar-refractivity contribution is -0.137. The highest BCUT2D eigenvalue weighted by Crippen LogP contribution is 2.13. The van der Waals surface area contributed by atoms with Crippen LogP contribution in [0.4, 0.5) is 0 Å². The van der Waals surface area contributed by atoms with Crippen LogP contribution in [-0.4, -0.2) is 33.5 Å². The summed E-state index contributed by atoms with van der Waals surface area (Å²) in [5.74, 6) is -1.15. The number of rotatable bonds is 5. The van der Waals surface area contributed by atoms with Crippen LogP contribution >= 0.6 is 11.3 Å². The quantitative estimate of drug-likeness (QED) is 0.908. The number of hydrogen-bond acceptors (Lipinski definition) is 3. The van der Waals surface area contributed by atoms with E-state index in [1.807, 2.05) is 17.5 Å². The second-order valence-electron chi connectivity index (χ2n) is 4.16. The Bertz CT molecular complexity index is 574. The van der Waals surface area contributed by atoms with Crippen molar-refractivity contribution in [2.45, 2.75) is 13.1 Å². The van der Waals surface area contributed by atoms with Crippen molar-refractivity contribution >= 4 is 23.2 Å². The van der Waals surface area contributed by atoms with E-state index in [0.717, 1.165) is 4.88 Å². The third kappa shape index (κ3) is 3.23. The Balaban J connectivity index is 2.10. The van der Waals surface area contributed by atoms with Crippen molar-refractivity contribution in [2.24, 2.45) is 0 Å². The van der Waals surface area contributed by atoms with E-state index in [1.165, 1.54) is 4.57 Å². The van der Waals surface area contributed by atoms with E-state index >= 15 is 0 Å². The molecule has 0 radical (unpaired) electrons. The normalized spacial score (nSPS) is 10.4. The molecule has 5 nitrogen and oxygen atoms in total. The monoisotopic (exact) mass is 278 g/mol. The molecule has 2 rings (SSSR count). The maximum atomic E-state index is 12.3. The molecule has 1 amide bonds. The number of hydrogen-bond donors (Lipinski definition) is 1. The number of aromatic nitrogens is 1. The van der Waals surface area contributed by atoms with Crippen LogP contribution in [0.1, 0.15) is 15.4 Å². The van der Waals surface area contributed by atoms with Gasteiger partial charge in [0.2, 0.25) is 0 Å². The van der Waals surface area contributed by atoms with E-state index in [-0.39, 0.29) is 12.5 Å². The molecular formula is C13H14N2O3S. The van der Waals surface area contributed by atoms with Gasteiger partial charge in [-0.05, 0) is 23.6 Å². The second kappa shape index (κ2) is 5.71. The molecule has 0 aliphatic heterocycles. The van der Waals surface area contributed by atoms with Crippen LogP contribution in [0, 0.1) is 0 Å². The van der Waals surface area contributed by atoms with E-state index < -0.39 is 5.97 Å². The Hall–Kier alpha value is -2.08. The van der Waals surface area contributed by atoms with Crippen molar-refractivity contribution in [3.05, 3.63) is 46.4 Å². The summed E-state index contributed by atoms with van der Waals surface area (Å²) < 4.78 is 1.44. The lowest BCUT2D eigenvalue weighted by Crippen LogP contribution is -2.28. The van der Waals surface area contributed by atoms with E-state index in [4.69, 9.17) is 5.11 Å². The number of carboxylic acid groups (broad SMARTS) is 1. The molecule has 0 aliphatic rings. The van der Waals surface area contributed by atoms with Crippen LogP contribution in [0.3, 0.4) is 0 Å². The Morgan fingerprint density at radius 1 is 1.37 bits per heavy atom. The number of carbonyl (C=O) groups excluding carboxylic acids is 1. The summed E-state index contributed by atoms with van der Waals surface area (Å²) in [7, 11) is 1.71. The van der Waals surface area contributed by atoms with Crippen LogP contribution < -0.4 is 0 Å². The average molecular weight is 278 g/mol. The van der Waals surface area contributed by atoms with Crippen molar-refractivity contribution in [2.75, 3.05) is 7.05 Å². The van der Waals surface area contributed by atoms with E-state index in [9.17, 15) is 9.59 Å². The first kappa shape index (κ1) is 13.4. The summed E-state index contributed by atoms with van der Waals surface area (Å²) in [6, 6.07) is 7.21. The third-order valence-electron chi connectivity index (χ3n) is 2.67. The lowest BCUT2D eigenvalue weighted by atomic mass is 10.3. The van der Waals surface area contributed by atoms with E-state index in [0.29, 0.717) is 12.2 Å². The Labute approximate surface area is 114 Å². The minimum absolute atomic E-state index is 0.181. The summed E-state index contributed by atoms with van der Waals surface area (Å²) in [5, 5.41) is 10.8. The Kier molecular flexibility index (Phi) is 4.01. The Morgan fingerprint density at radius 3 is 2.79 bits per heavy atom. The van der Waals surface area contributed by atoms with Crippen LogP contribution in [0.15, 0.2) is 35.8 Å². The van der Waals surface area contributed by atoms with E-state index in [1.54, 1.807) is 41.6 Å². The van der Waals surface area contributed by atoms with Crippen molar-refractivity contribution < 1.29 is 14.7 Å². The van der Waals surface area contributed by atoms with Crippen LogP contribution in [-0.2, 0) is 17.9 Å². The van der Waals surface area contributed by atoms with Crippen LogP contribution in [0.2, 0.25) is 0 Å². The fourth-order valence-corrected chi connectivity index (χ4v) is 2.55. The standard InChI is InChI=1S/C13H14N2O3S/c1-14(8-10-4-3-7-19-10)13(18)11-5-2-6-15(11)9-12(16)17/h2-7H,8-9H2,1H3,(H,16,17). The van der Waals surface area contributed by atoms with Crippen molar-refractivity contribution in [1.82, 2.24) is 9.47 Å². The van der Waals surface area contributed by atoms with Gasteiger partial charge < -0.3 is 14.6 Å². The zero-order valence-corrected chi connectivity index (χ0v) is 11.3. The molecule has 0 spiro atoms. The van der Waals surface area contributed by atoms with Gasteiger partial charge in [-0.15, -0.1) is 11.3 Å². The molecule has 0 aliphatic carbocycles. The fourth-order valence-electron chi connectivity index (χ4n) is 1.80. The minimum atomic E-state index is -0.967. The smallest absolute Gasteiger partial charge is 0.323 e. The molecule has 2 aromatic heterocycles. The average Bonchev–Trinajstić information content (AvgIpc) is 2.98. The van der Waals surface area contributed by atoms with Gasteiger partial charge in [0.15, 0.2) is 0 Å². The number of nitrogens with zero attached hydrogens (tertiary/aromatic N) is 2. The molecule has 0 unspecified atom stereocenters. The van der Waals surface area contributed by atoms with Crippen molar-refractivity contribution in [3.63, 3.8) is 0 Å². The van der Waals surface area contributed by atoms with Gasteiger partial charge in [-0.3, -0.25) is 9.59 Å². The first-order valence-corrected chi connectivity index (χ1v) is 6.60. The van der Waals surface area contributed by atoms with Gasteiger partial charge in [0, 0.05) is 18.1 Å². The summed E-state index contributed by atoms with van der Waals surface area (Å²) in [6.07, 6.45) is 1.60. The topological polar surface area (TPSA) is 62.5 Å². The van der Waals surface area contributed by atoms with Gasteiger partial charge in [-0.1, -0.05) is 6.07 Å². The molecule has 100 valence electrons. The summed E-state index contributed by atoms with van der Waals surface area (Å²) in [4.78, 5) is 25.6. The van der Waals surface area contributed by atoms with Gasteiger partial charge >= 0.3 is 5.97 Å². The molecular weight excluding hydrogens is 264 g/mol. The SMILES string of the molecule is CN(Cc1cccs1)C(=O)c1cccn1CC(=O)O. The number of carbonyl (C=O) groups is 2. The minimum Gasteiger partial charge on any atom is -0.480 e. The number of aliphatic carboxylic acids is 1. The van der Waals surface area contributed by atoms with Crippen molar-refractivity contribution in [1.29, 1.82) is 0 Å². The van der Waals surface area contributed by atoms with Crippen LogP contribution in [0.5, 0.6) is 0 Å². The third-order valence-corrected chi connectivity index (χ3v) is 3.54. The molecule has 0 saturated carbocycles. The second-order valence-corrected chi connectivity index (χ2v) is 5.19. The molecule has 0 atom stereocenters. The number of thiophene rings is 1. The zero-order chi connectivity index (χ0) is 13.8. The molecule has 2 heterocycles. The highest BCUT2D eigenvalue weighted by atomic mass is 32.1. The van der Waals surface area contributed by atoms with Gasteiger partial charge in [-0.2, -0.15) is 0 Å². The Morgan fingerprint density at radius 2 is 2.16 bits per heavy atom. The summed E-state index contributed by atoms with van der Waals surface area (Å²) in [6.45, 7) is 0.315. The van der Waals surface area contributed by atoms with Crippen molar-refractivity contribution in [3.8, 4) is 0 Å². The highest BCUT2D eigenvalue weighted by molar-refractivity contribution is 7.09. The first-order chi connectivity index (χ1) is 9.08. The molecule has 0 fully saturated rings. The summed E-state index contributed by atoms with van der Waals surface area (Å²) in [5.41, 5.74) is 0.390. The van der Waals surface area contributed by atoms with Gasteiger partial charge in [0.25, 0.3) is 5.91 Å². The molecule has 0 aromatic carbocycles. The van der Waals surface area contributed by atoms with Gasteiger partial charge in [0.05, 0.1) is 6.54 Å². The van der Waals surface area contributed by atoms with E-state index in [2.05, 4.69) is 0 Å². The fraction of sp³-hybridized carbons (Fsp3) is 0.231. The molecule has 0 bridgehead atoms. The molecule has 19 heavy (non-hydrogen) atoms. The van der Waals surface area contributed by atoms with Gasteiger partial charge in [0.1, 0.15) is 12.2 Å². The first-order valence-electron chi connectivity index (χ1n) is 5.72. The molecule has 6 heteroatoms. The number of amides is 1. The van der Waals surface area contributed by atoms with Crippen LogP contribution in [0.25, 0.3) is 0 Å². The largest absolute Gasteiger partial charge is 0.480 e. The molecule has 0 saturated heterocycles. The highest BCUT2D eigenvalue weighted by Gasteiger charge is 2.17.